The van der Waals surface area contributed by atoms with Crippen molar-refractivity contribution in [3.63, 3.8) is 0 Å². The molecule has 0 aliphatic rings. The van der Waals surface area contributed by atoms with Gasteiger partial charge in [-0.1, -0.05) is 19.9 Å². The molecule has 0 saturated carbocycles. The van der Waals surface area contributed by atoms with Gasteiger partial charge in [-0.2, -0.15) is 0 Å². The molecule has 2 aromatic carbocycles. The molecule has 2 N–H and O–H groups in total. The van der Waals surface area contributed by atoms with E-state index in [2.05, 4.69) is 24.5 Å². The molecule has 0 atom stereocenters. The van der Waals surface area contributed by atoms with Gasteiger partial charge < -0.3 is 20.3 Å². The first-order chi connectivity index (χ1) is 14.4. The number of carbonyl (C=O) groups is 2. The summed E-state index contributed by atoms with van der Waals surface area (Å²) in [6.07, 6.45) is 1.95. The van der Waals surface area contributed by atoms with E-state index in [1.54, 1.807) is 24.3 Å². The van der Waals surface area contributed by atoms with Crippen molar-refractivity contribution in [2.75, 3.05) is 30.3 Å². The lowest BCUT2D eigenvalue weighted by atomic mass is 10.1. The first-order valence-corrected chi connectivity index (χ1v) is 10.6. The minimum absolute atomic E-state index is 0.00312. The Morgan fingerprint density at radius 1 is 0.967 bits per heavy atom. The van der Waals surface area contributed by atoms with Crippen LogP contribution in [0.4, 0.5) is 11.4 Å². The second kappa shape index (κ2) is 11.9. The van der Waals surface area contributed by atoms with Crippen LogP contribution in [0.25, 0.3) is 0 Å². The zero-order valence-electron chi connectivity index (χ0n) is 18.4. The maximum atomic E-state index is 12.8. The fourth-order valence-corrected chi connectivity index (χ4v) is 3.08. The third kappa shape index (κ3) is 7.43. The first kappa shape index (κ1) is 23.3. The summed E-state index contributed by atoms with van der Waals surface area (Å²) in [6.45, 7) is 9.66. The number of rotatable bonds is 11. The molecule has 0 fully saturated rings. The van der Waals surface area contributed by atoms with Crippen LogP contribution in [0.5, 0.6) is 5.75 Å². The lowest BCUT2D eigenvalue weighted by Gasteiger charge is -2.21. The molecular formula is C24H33N3O3. The van der Waals surface area contributed by atoms with Crippen molar-refractivity contribution in [2.24, 2.45) is 0 Å². The van der Waals surface area contributed by atoms with Crippen LogP contribution in [0.1, 0.15) is 50.9 Å². The van der Waals surface area contributed by atoms with E-state index < -0.39 is 0 Å². The van der Waals surface area contributed by atoms with Crippen LogP contribution in [0.15, 0.2) is 48.5 Å². The Morgan fingerprint density at radius 3 is 2.23 bits per heavy atom. The molecule has 0 saturated heterocycles. The van der Waals surface area contributed by atoms with E-state index in [9.17, 15) is 9.59 Å². The van der Waals surface area contributed by atoms with E-state index in [4.69, 9.17) is 4.74 Å². The predicted octanol–water partition coefficient (Wildman–Crippen LogP) is 4.79. The maximum Gasteiger partial charge on any atom is 0.253 e. The van der Waals surface area contributed by atoms with Crippen LogP contribution < -0.4 is 15.4 Å². The quantitative estimate of drug-likeness (QED) is 0.558. The molecule has 0 aromatic heterocycles. The van der Waals surface area contributed by atoms with E-state index in [0.29, 0.717) is 11.3 Å². The van der Waals surface area contributed by atoms with Gasteiger partial charge in [-0.25, -0.2) is 0 Å². The summed E-state index contributed by atoms with van der Waals surface area (Å²) in [5.41, 5.74) is 2.03. The summed E-state index contributed by atoms with van der Waals surface area (Å²) in [5.74, 6) is 0.611. The van der Waals surface area contributed by atoms with E-state index in [1.807, 2.05) is 43.0 Å². The normalized spacial score (nSPS) is 10.6. The number of benzene rings is 2. The van der Waals surface area contributed by atoms with Gasteiger partial charge in [-0.3, -0.25) is 9.59 Å². The fraction of sp³-hybridized carbons (Fsp3) is 0.417. The molecule has 0 aliphatic carbocycles. The molecule has 0 radical (unpaired) electrons. The minimum Gasteiger partial charge on any atom is -0.491 e. The number of nitrogens with one attached hydrogen (secondary N) is 2. The summed E-state index contributed by atoms with van der Waals surface area (Å²) in [5, 5.41) is 5.94. The van der Waals surface area contributed by atoms with E-state index >= 15 is 0 Å². The highest BCUT2D eigenvalue weighted by Gasteiger charge is 2.15. The number of hydrogen-bond donors (Lipinski definition) is 2. The third-order valence-electron chi connectivity index (χ3n) is 4.35. The van der Waals surface area contributed by atoms with Gasteiger partial charge in [0.05, 0.1) is 12.6 Å². The van der Waals surface area contributed by atoms with Crippen LogP contribution >= 0.6 is 0 Å². The summed E-state index contributed by atoms with van der Waals surface area (Å²) < 4.78 is 5.61. The number of ether oxygens (including phenoxy) is 1. The van der Waals surface area contributed by atoms with Gasteiger partial charge in [0.1, 0.15) is 5.75 Å². The van der Waals surface area contributed by atoms with Crippen LogP contribution in [0.2, 0.25) is 0 Å². The van der Waals surface area contributed by atoms with Crippen molar-refractivity contribution in [3.8, 4) is 5.75 Å². The maximum absolute atomic E-state index is 12.8. The molecular weight excluding hydrogens is 378 g/mol. The molecule has 0 heterocycles. The molecule has 0 bridgehead atoms. The van der Waals surface area contributed by atoms with Gasteiger partial charge in [-0.15, -0.1) is 0 Å². The molecule has 2 aromatic rings. The minimum atomic E-state index is -0.180. The van der Waals surface area contributed by atoms with Gasteiger partial charge in [0.25, 0.3) is 5.91 Å². The van der Waals surface area contributed by atoms with Crippen LogP contribution in [-0.2, 0) is 4.79 Å². The molecule has 6 heteroatoms. The molecule has 2 amide bonds. The lowest BCUT2D eigenvalue weighted by molar-refractivity contribution is -0.114. The van der Waals surface area contributed by atoms with E-state index in [0.717, 1.165) is 37.4 Å². The fourth-order valence-electron chi connectivity index (χ4n) is 3.08. The number of amides is 2. The van der Waals surface area contributed by atoms with E-state index in [-0.39, 0.29) is 24.5 Å². The first-order valence-electron chi connectivity index (χ1n) is 10.6. The highest BCUT2D eigenvalue weighted by molar-refractivity contribution is 5.98. The molecule has 30 heavy (non-hydrogen) atoms. The molecule has 0 spiro atoms. The van der Waals surface area contributed by atoms with Gasteiger partial charge >= 0.3 is 0 Å². The summed E-state index contributed by atoms with van der Waals surface area (Å²) in [7, 11) is 0. The van der Waals surface area contributed by atoms with Crippen molar-refractivity contribution in [2.45, 2.75) is 46.6 Å². The molecule has 162 valence electrons. The van der Waals surface area contributed by atoms with Gasteiger partial charge in [-0.05, 0) is 69.2 Å². The largest absolute Gasteiger partial charge is 0.491 e. The van der Waals surface area contributed by atoms with Crippen LogP contribution in [0.3, 0.4) is 0 Å². The number of anilines is 2. The van der Waals surface area contributed by atoms with E-state index in [1.165, 1.54) is 0 Å². The summed E-state index contributed by atoms with van der Waals surface area (Å²) in [4.78, 5) is 26.9. The summed E-state index contributed by atoms with van der Waals surface area (Å²) in [6, 6.07) is 14.6. The summed E-state index contributed by atoms with van der Waals surface area (Å²) >= 11 is 0. The Labute approximate surface area is 179 Å². The Bertz CT molecular complexity index is 813. The standard InChI is InChI=1S/C24H33N3O3/c1-5-14-27(15-6-2)24(29)19-8-7-9-21(16-19)26-23(28)17-25-20-10-12-22(13-11-20)30-18(3)4/h7-13,16,18,25H,5-6,14-15,17H2,1-4H3,(H,26,28). The molecule has 0 unspecified atom stereocenters. The van der Waals surface area contributed by atoms with Crippen molar-refractivity contribution >= 4 is 23.2 Å². The van der Waals surface area contributed by atoms with Crippen molar-refractivity contribution in [1.29, 1.82) is 0 Å². The second-order valence-corrected chi connectivity index (χ2v) is 7.47. The molecule has 2 rings (SSSR count). The zero-order chi connectivity index (χ0) is 21.9. The average Bonchev–Trinajstić information content (AvgIpc) is 2.72. The Kier molecular flexibility index (Phi) is 9.19. The Morgan fingerprint density at radius 2 is 1.63 bits per heavy atom. The molecule has 0 aliphatic heterocycles. The van der Waals surface area contributed by atoms with Crippen molar-refractivity contribution in [1.82, 2.24) is 4.90 Å². The lowest BCUT2D eigenvalue weighted by Crippen LogP contribution is -2.32. The zero-order valence-corrected chi connectivity index (χ0v) is 18.4. The SMILES string of the molecule is CCCN(CCC)C(=O)c1cccc(NC(=O)CNc2ccc(OC(C)C)cc2)c1. The number of hydrogen-bond acceptors (Lipinski definition) is 4. The average molecular weight is 412 g/mol. The van der Waals surface area contributed by atoms with Gasteiger partial charge in [0.2, 0.25) is 5.91 Å². The van der Waals surface area contributed by atoms with Crippen molar-refractivity contribution in [3.05, 3.63) is 54.1 Å². The van der Waals surface area contributed by atoms with Crippen molar-refractivity contribution < 1.29 is 14.3 Å². The molecule has 6 nitrogen and oxygen atoms in total. The Balaban J connectivity index is 1.92. The van der Waals surface area contributed by atoms with Gasteiger partial charge in [0.15, 0.2) is 0 Å². The smallest absolute Gasteiger partial charge is 0.253 e. The topological polar surface area (TPSA) is 70.7 Å². The Hall–Kier alpha value is -3.02. The van der Waals surface area contributed by atoms with Crippen LogP contribution in [-0.4, -0.2) is 42.5 Å². The number of nitrogens with zero attached hydrogens (tertiary/aromatic N) is 1. The van der Waals surface area contributed by atoms with Gasteiger partial charge in [0, 0.05) is 30.0 Å². The van der Waals surface area contributed by atoms with Crippen LogP contribution in [0, 0.1) is 0 Å². The highest BCUT2D eigenvalue weighted by atomic mass is 16.5. The number of carbonyl (C=O) groups excluding carboxylic acids is 2. The monoisotopic (exact) mass is 411 g/mol. The second-order valence-electron chi connectivity index (χ2n) is 7.47. The predicted molar refractivity (Wildman–Crippen MR) is 122 cm³/mol. The third-order valence-corrected chi connectivity index (χ3v) is 4.35. The highest BCUT2D eigenvalue weighted by Crippen LogP contribution is 2.17.